The quantitative estimate of drug-likeness (QED) is 0.686. The van der Waals surface area contributed by atoms with Crippen molar-refractivity contribution in [2.75, 3.05) is 6.54 Å². The number of carbonyl (C=O) groups is 3. The summed E-state index contributed by atoms with van der Waals surface area (Å²) in [7, 11) is 0. The van der Waals surface area contributed by atoms with E-state index in [9.17, 15) is 14.4 Å². The Morgan fingerprint density at radius 1 is 1.41 bits per heavy atom. The number of furan rings is 1. The molecule has 6 nitrogen and oxygen atoms in total. The van der Waals surface area contributed by atoms with Crippen molar-refractivity contribution in [2.45, 2.75) is 12.5 Å². The Labute approximate surface area is 134 Å². The summed E-state index contributed by atoms with van der Waals surface area (Å²) in [6, 6.07) is 5.77. The molecule has 2 aromatic rings. The van der Waals surface area contributed by atoms with E-state index in [0.717, 1.165) is 16.2 Å². The number of thiophene rings is 1. The number of carbonyl (C=O) groups excluding carboxylic acids is 3. The molecule has 1 N–H and O–H groups in total. The molecule has 3 amide bonds. The summed E-state index contributed by atoms with van der Waals surface area (Å²) in [6.45, 7) is 1.20. The number of rotatable bonds is 4. The molecule has 0 bridgehead atoms. The van der Waals surface area contributed by atoms with Crippen LogP contribution in [0.4, 0.5) is 4.79 Å². The van der Waals surface area contributed by atoms with Crippen molar-refractivity contribution >= 4 is 40.7 Å². The monoisotopic (exact) mass is 338 g/mol. The van der Waals surface area contributed by atoms with E-state index in [-0.39, 0.29) is 12.3 Å². The third-order valence-electron chi connectivity index (χ3n) is 3.44. The van der Waals surface area contributed by atoms with Gasteiger partial charge in [0, 0.05) is 0 Å². The number of hydrogen-bond donors (Lipinski definition) is 1. The van der Waals surface area contributed by atoms with Gasteiger partial charge in [0.1, 0.15) is 5.76 Å². The maximum atomic E-state index is 12.5. The van der Waals surface area contributed by atoms with Crippen molar-refractivity contribution in [3.05, 3.63) is 45.5 Å². The van der Waals surface area contributed by atoms with Gasteiger partial charge in [-0.2, -0.15) is 0 Å². The summed E-state index contributed by atoms with van der Waals surface area (Å²) in [6.07, 6.45) is 1.42. The Bertz CT molecular complexity index is 755. The first kappa shape index (κ1) is 14.8. The van der Waals surface area contributed by atoms with Crippen molar-refractivity contribution in [3.8, 4) is 0 Å². The molecular formula is C14H11ClN2O4S. The van der Waals surface area contributed by atoms with Crippen LogP contribution in [0.3, 0.4) is 0 Å². The van der Waals surface area contributed by atoms with Gasteiger partial charge in [-0.15, -0.1) is 11.3 Å². The molecule has 22 heavy (non-hydrogen) atoms. The number of Topliss-reactive ketones (excluding diaryl/α,β-unsaturated/α-hetero) is 1. The fourth-order valence-corrected chi connectivity index (χ4v) is 3.23. The van der Waals surface area contributed by atoms with Crippen LogP contribution >= 0.6 is 22.9 Å². The molecule has 1 aliphatic heterocycles. The number of nitrogens with zero attached hydrogens (tertiary/aromatic N) is 1. The summed E-state index contributed by atoms with van der Waals surface area (Å²) in [5, 5.41) is 2.56. The maximum Gasteiger partial charge on any atom is 0.325 e. The molecule has 8 heteroatoms. The highest BCUT2D eigenvalue weighted by Gasteiger charge is 2.51. The van der Waals surface area contributed by atoms with Crippen molar-refractivity contribution < 1.29 is 18.8 Å². The highest BCUT2D eigenvalue weighted by atomic mass is 35.5. The normalized spacial score (nSPS) is 21.3. The molecular weight excluding hydrogens is 328 g/mol. The first-order chi connectivity index (χ1) is 10.4. The molecule has 1 unspecified atom stereocenters. The standard InChI is InChI=1S/C14H11ClN2O4S/c1-14(10-3-2-6-21-10)12(19)17(13(20)16-14)7-8(18)9-4-5-11(15)22-9/h2-6H,7H2,1H3,(H,16,20). The van der Waals surface area contributed by atoms with E-state index in [1.54, 1.807) is 31.2 Å². The third-order valence-corrected chi connectivity index (χ3v) is 4.71. The minimum Gasteiger partial charge on any atom is -0.466 e. The summed E-state index contributed by atoms with van der Waals surface area (Å²) < 4.78 is 5.69. The van der Waals surface area contributed by atoms with Gasteiger partial charge in [0.2, 0.25) is 0 Å². The second-order valence-corrected chi connectivity index (χ2v) is 6.67. The first-order valence-electron chi connectivity index (χ1n) is 6.38. The number of imide groups is 1. The van der Waals surface area contributed by atoms with Crippen LogP contribution in [-0.4, -0.2) is 29.2 Å². The van der Waals surface area contributed by atoms with E-state index in [1.807, 2.05) is 0 Å². The van der Waals surface area contributed by atoms with Gasteiger partial charge in [0.05, 0.1) is 22.0 Å². The lowest BCUT2D eigenvalue weighted by atomic mass is 9.99. The lowest BCUT2D eigenvalue weighted by molar-refractivity contribution is -0.131. The number of ketones is 1. The second-order valence-electron chi connectivity index (χ2n) is 4.95. The number of halogens is 1. The lowest BCUT2D eigenvalue weighted by Gasteiger charge is -2.18. The van der Waals surface area contributed by atoms with Gasteiger partial charge in [-0.05, 0) is 31.2 Å². The minimum atomic E-state index is -1.30. The second kappa shape index (κ2) is 5.26. The summed E-state index contributed by atoms with van der Waals surface area (Å²) in [5.74, 6) is -0.549. The van der Waals surface area contributed by atoms with E-state index in [0.29, 0.717) is 15.0 Å². The predicted molar refractivity (Wildman–Crippen MR) is 80.0 cm³/mol. The molecule has 3 rings (SSSR count). The zero-order valence-corrected chi connectivity index (χ0v) is 13.0. The van der Waals surface area contributed by atoms with E-state index in [4.69, 9.17) is 16.0 Å². The highest BCUT2D eigenvalue weighted by Crippen LogP contribution is 2.29. The number of urea groups is 1. The van der Waals surface area contributed by atoms with Gasteiger partial charge in [0.25, 0.3) is 5.91 Å². The smallest absolute Gasteiger partial charge is 0.325 e. The van der Waals surface area contributed by atoms with Gasteiger partial charge >= 0.3 is 6.03 Å². The van der Waals surface area contributed by atoms with Gasteiger partial charge < -0.3 is 9.73 Å². The lowest BCUT2D eigenvalue weighted by Crippen LogP contribution is -2.41. The fourth-order valence-electron chi connectivity index (χ4n) is 2.26. The summed E-state index contributed by atoms with van der Waals surface area (Å²) in [4.78, 5) is 38.0. The molecule has 1 atom stereocenters. The molecule has 1 fully saturated rings. The average molecular weight is 339 g/mol. The fraction of sp³-hybridized carbons (Fsp3) is 0.214. The van der Waals surface area contributed by atoms with Crippen LogP contribution < -0.4 is 5.32 Å². The Morgan fingerprint density at radius 3 is 2.77 bits per heavy atom. The Hall–Kier alpha value is -2.12. The molecule has 1 saturated heterocycles. The molecule has 0 saturated carbocycles. The van der Waals surface area contributed by atoms with Crippen LogP contribution in [0.1, 0.15) is 22.4 Å². The number of hydrogen-bond acceptors (Lipinski definition) is 5. The molecule has 0 spiro atoms. The van der Waals surface area contributed by atoms with E-state index in [1.165, 1.54) is 6.26 Å². The first-order valence-corrected chi connectivity index (χ1v) is 7.58. The van der Waals surface area contributed by atoms with Crippen LogP contribution in [0.15, 0.2) is 34.9 Å². The predicted octanol–water partition coefficient (Wildman–Crippen LogP) is 2.64. The van der Waals surface area contributed by atoms with Crippen LogP contribution in [0.25, 0.3) is 0 Å². The van der Waals surface area contributed by atoms with Crippen LogP contribution in [0.5, 0.6) is 0 Å². The summed E-state index contributed by atoms with van der Waals surface area (Å²) in [5.41, 5.74) is -1.30. The molecule has 114 valence electrons. The average Bonchev–Trinajstić information content (AvgIpc) is 3.17. The number of amides is 3. The van der Waals surface area contributed by atoms with Crippen LogP contribution in [0, 0.1) is 0 Å². The van der Waals surface area contributed by atoms with Gasteiger partial charge in [-0.25, -0.2) is 4.79 Å². The van der Waals surface area contributed by atoms with Gasteiger partial charge in [-0.3, -0.25) is 14.5 Å². The number of nitrogens with one attached hydrogen (secondary N) is 1. The summed E-state index contributed by atoms with van der Waals surface area (Å²) >= 11 is 6.89. The van der Waals surface area contributed by atoms with Crippen LogP contribution in [0.2, 0.25) is 4.34 Å². The Balaban J connectivity index is 1.82. The van der Waals surface area contributed by atoms with E-state index >= 15 is 0 Å². The molecule has 0 aromatic carbocycles. The van der Waals surface area contributed by atoms with Crippen molar-refractivity contribution in [1.82, 2.24) is 10.2 Å². The van der Waals surface area contributed by atoms with Gasteiger partial charge in [0.15, 0.2) is 11.3 Å². The molecule has 0 aliphatic carbocycles. The van der Waals surface area contributed by atoms with E-state index < -0.39 is 17.5 Å². The van der Waals surface area contributed by atoms with Gasteiger partial charge in [-0.1, -0.05) is 11.6 Å². The van der Waals surface area contributed by atoms with Crippen LogP contribution in [-0.2, 0) is 10.3 Å². The van der Waals surface area contributed by atoms with Crippen molar-refractivity contribution in [2.24, 2.45) is 0 Å². The maximum absolute atomic E-state index is 12.5. The largest absolute Gasteiger partial charge is 0.466 e. The minimum absolute atomic E-state index is 0.319. The Morgan fingerprint density at radius 2 is 2.18 bits per heavy atom. The third kappa shape index (κ3) is 2.32. The van der Waals surface area contributed by atoms with E-state index in [2.05, 4.69) is 5.32 Å². The molecule has 0 radical (unpaired) electrons. The SMILES string of the molecule is CC1(c2ccco2)NC(=O)N(CC(=O)c2ccc(Cl)s2)C1=O. The highest BCUT2D eigenvalue weighted by molar-refractivity contribution is 7.18. The zero-order chi connectivity index (χ0) is 15.9. The Kier molecular flexibility index (Phi) is 3.54. The molecule has 1 aliphatic rings. The van der Waals surface area contributed by atoms with Crippen molar-refractivity contribution in [3.63, 3.8) is 0 Å². The topological polar surface area (TPSA) is 79.6 Å². The van der Waals surface area contributed by atoms with Crippen molar-refractivity contribution in [1.29, 1.82) is 0 Å². The zero-order valence-electron chi connectivity index (χ0n) is 11.5. The molecule has 3 heterocycles. The molecule has 2 aromatic heterocycles.